The minimum absolute atomic E-state index is 0.0276. The summed E-state index contributed by atoms with van der Waals surface area (Å²) >= 11 is 0. The number of H-pyrrole nitrogens is 1. The molecule has 9 heteroatoms. The summed E-state index contributed by atoms with van der Waals surface area (Å²) in [6.07, 6.45) is 1.76. The van der Waals surface area contributed by atoms with Crippen molar-refractivity contribution in [2.45, 2.75) is 17.9 Å². The summed E-state index contributed by atoms with van der Waals surface area (Å²) in [6.45, 7) is -0.00194. The molecule has 1 heterocycles. The van der Waals surface area contributed by atoms with E-state index in [4.69, 9.17) is 9.84 Å². The highest BCUT2D eigenvalue weighted by atomic mass is 32.2. The molecule has 0 amide bonds. The van der Waals surface area contributed by atoms with Gasteiger partial charge in [0.15, 0.2) is 0 Å². The summed E-state index contributed by atoms with van der Waals surface area (Å²) in [5.74, 6) is 0.786. The van der Waals surface area contributed by atoms with E-state index in [0.717, 1.165) is 0 Å². The lowest BCUT2D eigenvalue weighted by Crippen LogP contribution is -2.26. The fourth-order valence-corrected chi connectivity index (χ4v) is 2.95. The lowest BCUT2D eigenvalue weighted by Gasteiger charge is -2.11. The van der Waals surface area contributed by atoms with Crippen molar-refractivity contribution in [3.8, 4) is 5.75 Å². The van der Waals surface area contributed by atoms with Crippen molar-refractivity contribution in [3.63, 3.8) is 0 Å². The lowest BCUT2D eigenvalue weighted by molar-refractivity contribution is 0.280. The standard InChI is InChI=1S/C12H16N4O4S/c1-20-10-6-9(7-17)2-3-11(10)21(18,19)15-5-4-12-13-8-14-16-12/h2-3,6,8,15,17H,4-5,7H2,1H3,(H,13,14,16). The van der Waals surface area contributed by atoms with Crippen LogP contribution in [0.4, 0.5) is 0 Å². The topological polar surface area (TPSA) is 117 Å². The van der Waals surface area contributed by atoms with Crippen molar-refractivity contribution in [2.75, 3.05) is 13.7 Å². The third-order valence-electron chi connectivity index (χ3n) is 2.82. The molecule has 0 atom stereocenters. The highest BCUT2D eigenvalue weighted by molar-refractivity contribution is 7.89. The molecule has 0 aliphatic heterocycles. The first-order chi connectivity index (χ1) is 10.1. The maximum absolute atomic E-state index is 12.2. The van der Waals surface area contributed by atoms with Crippen LogP contribution in [-0.2, 0) is 23.1 Å². The average Bonchev–Trinajstić information content (AvgIpc) is 2.99. The van der Waals surface area contributed by atoms with Crippen molar-refractivity contribution in [1.82, 2.24) is 19.9 Å². The number of benzene rings is 1. The molecular weight excluding hydrogens is 296 g/mol. The van der Waals surface area contributed by atoms with Gasteiger partial charge in [0.1, 0.15) is 22.8 Å². The minimum Gasteiger partial charge on any atom is -0.495 e. The van der Waals surface area contributed by atoms with Gasteiger partial charge in [0.05, 0.1) is 13.7 Å². The normalized spacial score (nSPS) is 11.5. The predicted octanol–water partition coefficient (Wildman–Crippen LogP) is -0.173. The number of rotatable bonds is 7. The van der Waals surface area contributed by atoms with E-state index >= 15 is 0 Å². The Morgan fingerprint density at radius 1 is 1.43 bits per heavy atom. The number of methoxy groups -OCH3 is 1. The quantitative estimate of drug-likeness (QED) is 0.653. The van der Waals surface area contributed by atoms with Gasteiger partial charge in [-0.1, -0.05) is 6.07 Å². The molecule has 1 aromatic heterocycles. The van der Waals surface area contributed by atoms with E-state index in [-0.39, 0.29) is 23.8 Å². The molecule has 3 N–H and O–H groups in total. The van der Waals surface area contributed by atoms with Gasteiger partial charge >= 0.3 is 0 Å². The molecule has 1 aromatic carbocycles. The third kappa shape index (κ3) is 3.78. The van der Waals surface area contributed by atoms with Crippen LogP contribution in [0.2, 0.25) is 0 Å². The first-order valence-electron chi connectivity index (χ1n) is 6.18. The molecule has 0 saturated heterocycles. The second-order valence-corrected chi connectivity index (χ2v) is 5.96. The maximum atomic E-state index is 12.2. The van der Waals surface area contributed by atoms with Crippen molar-refractivity contribution in [1.29, 1.82) is 0 Å². The number of nitrogens with one attached hydrogen (secondary N) is 2. The summed E-state index contributed by atoms with van der Waals surface area (Å²) in [5.41, 5.74) is 0.576. The molecular formula is C12H16N4O4S. The van der Waals surface area contributed by atoms with Crippen LogP contribution in [0, 0.1) is 0 Å². The number of aromatic amines is 1. The molecule has 0 fully saturated rings. The van der Waals surface area contributed by atoms with E-state index < -0.39 is 10.0 Å². The Morgan fingerprint density at radius 3 is 2.86 bits per heavy atom. The molecule has 8 nitrogen and oxygen atoms in total. The monoisotopic (exact) mass is 312 g/mol. The van der Waals surface area contributed by atoms with Gasteiger partial charge in [0, 0.05) is 13.0 Å². The van der Waals surface area contributed by atoms with E-state index in [1.54, 1.807) is 0 Å². The van der Waals surface area contributed by atoms with Crippen LogP contribution in [-0.4, -0.2) is 42.4 Å². The van der Waals surface area contributed by atoms with Crippen LogP contribution >= 0.6 is 0 Å². The number of sulfonamides is 1. The largest absolute Gasteiger partial charge is 0.495 e. The number of aliphatic hydroxyl groups excluding tert-OH is 1. The van der Waals surface area contributed by atoms with Crippen LogP contribution in [0.15, 0.2) is 29.4 Å². The summed E-state index contributed by atoms with van der Waals surface area (Å²) < 4.78 is 32.0. The number of hydrogen-bond acceptors (Lipinski definition) is 6. The lowest BCUT2D eigenvalue weighted by atomic mass is 10.2. The van der Waals surface area contributed by atoms with E-state index in [9.17, 15) is 8.42 Å². The zero-order valence-corrected chi connectivity index (χ0v) is 12.2. The minimum atomic E-state index is -3.70. The number of ether oxygens (including phenoxy) is 1. The SMILES string of the molecule is COc1cc(CO)ccc1S(=O)(=O)NCCc1ncn[nH]1. The van der Waals surface area contributed by atoms with Crippen molar-refractivity contribution < 1.29 is 18.3 Å². The van der Waals surface area contributed by atoms with Crippen LogP contribution in [0.25, 0.3) is 0 Å². The Labute approximate surface area is 122 Å². The van der Waals surface area contributed by atoms with E-state index in [2.05, 4.69) is 19.9 Å². The molecule has 0 spiro atoms. The van der Waals surface area contributed by atoms with Crippen LogP contribution < -0.4 is 9.46 Å². The van der Waals surface area contributed by atoms with Gasteiger partial charge in [-0.2, -0.15) is 5.10 Å². The molecule has 114 valence electrons. The highest BCUT2D eigenvalue weighted by Crippen LogP contribution is 2.24. The Kier molecular flexibility index (Phi) is 4.89. The second kappa shape index (κ2) is 6.66. The molecule has 0 aliphatic rings. The summed E-state index contributed by atoms with van der Waals surface area (Å²) in [6, 6.07) is 4.43. The average molecular weight is 312 g/mol. The van der Waals surface area contributed by atoms with E-state index in [0.29, 0.717) is 17.8 Å². The third-order valence-corrected chi connectivity index (χ3v) is 4.32. The highest BCUT2D eigenvalue weighted by Gasteiger charge is 2.19. The van der Waals surface area contributed by atoms with Crippen LogP contribution in [0.1, 0.15) is 11.4 Å². The Morgan fingerprint density at radius 2 is 2.24 bits per heavy atom. The first-order valence-corrected chi connectivity index (χ1v) is 7.67. The molecule has 21 heavy (non-hydrogen) atoms. The van der Waals surface area contributed by atoms with Crippen molar-refractivity contribution in [3.05, 3.63) is 35.9 Å². The molecule has 0 bridgehead atoms. The molecule has 2 aromatic rings. The van der Waals surface area contributed by atoms with Gasteiger partial charge in [-0.05, 0) is 17.7 Å². The zero-order chi connectivity index (χ0) is 15.3. The summed E-state index contributed by atoms with van der Waals surface area (Å²) in [5, 5.41) is 15.4. The molecule has 0 radical (unpaired) electrons. The van der Waals surface area contributed by atoms with Crippen molar-refractivity contribution >= 4 is 10.0 Å². The van der Waals surface area contributed by atoms with Gasteiger partial charge in [-0.15, -0.1) is 0 Å². The summed E-state index contributed by atoms with van der Waals surface area (Å²) in [7, 11) is -2.32. The number of hydrogen-bond donors (Lipinski definition) is 3. The zero-order valence-electron chi connectivity index (χ0n) is 11.4. The van der Waals surface area contributed by atoms with Crippen LogP contribution in [0.3, 0.4) is 0 Å². The Hall–Kier alpha value is -1.97. The Bertz CT molecular complexity index is 685. The molecule has 2 rings (SSSR count). The number of aliphatic hydroxyl groups is 1. The van der Waals surface area contributed by atoms with E-state index in [1.807, 2.05) is 0 Å². The number of nitrogens with zero attached hydrogens (tertiary/aromatic N) is 2. The van der Waals surface area contributed by atoms with E-state index in [1.165, 1.54) is 31.6 Å². The van der Waals surface area contributed by atoms with Gasteiger partial charge in [-0.25, -0.2) is 18.1 Å². The van der Waals surface area contributed by atoms with Gasteiger partial charge < -0.3 is 9.84 Å². The smallest absolute Gasteiger partial charge is 0.244 e. The fraction of sp³-hybridized carbons (Fsp3) is 0.333. The molecule has 0 aliphatic carbocycles. The molecule has 0 saturated carbocycles. The first kappa shape index (κ1) is 15.4. The Balaban J connectivity index is 2.11. The maximum Gasteiger partial charge on any atom is 0.244 e. The fourth-order valence-electron chi connectivity index (χ4n) is 1.77. The molecule has 0 unspecified atom stereocenters. The van der Waals surface area contributed by atoms with Gasteiger partial charge in [0.2, 0.25) is 10.0 Å². The second-order valence-electron chi connectivity index (χ2n) is 4.22. The summed E-state index contributed by atoms with van der Waals surface area (Å²) in [4.78, 5) is 3.94. The van der Waals surface area contributed by atoms with Crippen LogP contribution in [0.5, 0.6) is 5.75 Å². The van der Waals surface area contributed by atoms with Gasteiger partial charge in [0.25, 0.3) is 0 Å². The van der Waals surface area contributed by atoms with Gasteiger partial charge in [-0.3, -0.25) is 5.10 Å². The van der Waals surface area contributed by atoms with Crippen molar-refractivity contribution in [2.24, 2.45) is 0 Å². The number of aromatic nitrogens is 3. The predicted molar refractivity (Wildman–Crippen MR) is 74.2 cm³/mol.